The second-order valence-corrected chi connectivity index (χ2v) is 13.5. The maximum Gasteiger partial charge on any atom is 0.244 e. The van der Waals surface area contributed by atoms with Crippen LogP contribution < -0.4 is 10.2 Å². The van der Waals surface area contributed by atoms with Gasteiger partial charge in [-0.2, -0.15) is 9.29 Å². The zero-order valence-corrected chi connectivity index (χ0v) is 25.0. The van der Waals surface area contributed by atoms with Crippen LogP contribution in [0.1, 0.15) is 48.9 Å². The molecule has 3 aromatic rings. The Balaban J connectivity index is 1.27. The van der Waals surface area contributed by atoms with Crippen molar-refractivity contribution in [2.45, 2.75) is 62.6 Å². The molecule has 1 aromatic heterocycles. The van der Waals surface area contributed by atoms with Gasteiger partial charge in [-0.05, 0) is 57.0 Å². The van der Waals surface area contributed by atoms with E-state index in [0.717, 1.165) is 37.7 Å². The number of nitrogens with one attached hydrogen (secondary N) is 1. The maximum absolute atomic E-state index is 14.5. The quantitative estimate of drug-likeness (QED) is 0.390. The predicted octanol–water partition coefficient (Wildman–Crippen LogP) is 5.22. The summed E-state index contributed by atoms with van der Waals surface area (Å²) in [6.45, 7) is 4.36. The molecule has 42 heavy (non-hydrogen) atoms. The highest BCUT2D eigenvalue weighted by Gasteiger charge is 2.34. The number of aromatic nitrogens is 2. The van der Waals surface area contributed by atoms with E-state index in [-0.39, 0.29) is 35.1 Å². The van der Waals surface area contributed by atoms with Crippen LogP contribution in [0.3, 0.4) is 0 Å². The van der Waals surface area contributed by atoms with Crippen LogP contribution in [0.2, 0.25) is 5.02 Å². The fourth-order valence-corrected chi connectivity index (χ4v) is 8.12. The van der Waals surface area contributed by atoms with Crippen LogP contribution in [0, 0.1) is 11.6 Å². The number of nitrogens with zero attached hydrogens (tertiary/aromatic N) is 5. The van der Waals surface area contributed by atoms with Crippen molar-refractivity contribution in [3.63, 3.8) is 0 Å². The first-order valence-electron chi connectivity index (χ1n) is 14.6. The van der Waals surface area contributed by atoms with Crippen LogP contribution in [0.25, 0.3) is 0 Å². The third kappa shape index (κ3) is 6.10. The molecule has 0 spiro atoms. The van der Waals surface area contributed by atoms with Crippen molar-refractivity contribution in [3.05, 3.63) is 75.9 Å². The van der Waals surface area contributed by atoms with Crippen molar-refractivity contribution in [1.29, 1.82) is 0 Å². The highest BCUT2D eigenvalue weighted by molar-refractivity contribution is 7.89. The third-order valence-electron chi connectivity index (χ3n) is 8.58. The molecule has 224 valence electrons. The first-order valence-corrected chi connectivity index (χ1v) is 16.4. The van der Waals surface area contributed by atoms with Gasteiger partial charge in [-0.15, -0.1) is 0 Å². The number of halogens is 3. The minimum Gasteiger partial charge on any atom is -0.365 e. The summed E-state index contributed by atoms with van der Waals surface area (Å²) in [6, 6.07) is 10.4. The monoisotopic (exact) mass is 616 g/mol. The van der Waals surface area contributed by atoms with Gasteiger partial charge in [-0.3, -0.25) is 0 Å². The number of fused-ring (bicyclic) bond motifs is 1. The maximum atomic E-state index is 14.5. The van der Waals surface area contributed by atoms with Gasteiger partial charge in [0.2, 0.25) is 16.0 Å². The second kappa shape index (κ2) is 12.4. The van der Waals surface area contributed by atoms with Crippen molar-refractivity contribution in [2.24, 2.45) is 0 Å². The molecule has 6 rings (SSSR count). The minimum atomic E-state index is -3.88. The molecule has 4 heterocycles. The van der Waals surface area contributed by atoms with Crippen LogP contribution in [-0.2, 0) is 29.5 Å². The average molecular weight is 617 g/mol. The van der Waals surface area contributed by atoms with E-state index in [0.29, 0.717) is 29.8 Å². The van der Waals surface area contributed by atoms with E-state index >= 15 is 0 Å². The summed E-state index contributed by atoms with van der Waals surface area (Å²) >= 11 is 6.26. The molecule has 8 nitrogen and oxygen atoms in total. The van der Waals surface area contributed by atoms with E-state index < -0.39 is 21.7 Å². The molecule has 0 radical (unpaired) electrons. The molecular formula is C30H35ClF2N6O2S. The lowest BCUT2D eigenvalue weighted by Gasteiger charge is -2.40. The fraction of sp³-hybridized carbons (Fsp3) is 0.467. The van der Waals surface area contributed by atoms with E-state index in [1.165, 1.54) is 54.9 Å². The van der Waals surface area contributed by atoms with E-state index in [4.69, 9.17) is 21.6 Å². The van der Waals surface area contributed by atoms with Crippen molar-refractivity contribution >= 4 is 33.4 Å². The number of hydrogen-bond acceptors (Lipinski definition) is 7. The topological polar surface area (TPSA) is 81.7 Å². The van der Waals surface area contributed by atoms with Crippen molar-refractivity contribution in [2.75, 3.05) is 42.9 Å². The highest BCUT2D eigenvalue weighted by Crippen LogP contribution is 2.33. The first-order chi connectivity index (χ1) is 20.3. The normalized spacial score (nSPS) is 19.1. The first kappa shape index (κ1) is 29.2. The Hall–Kier alpha value is -2.86. The van der Waals surface area contributed by atoms with E-state index in [2.05, 4.69) is 15.1 Å². The predicted molar refractivity (Wildman–Crippen MR) is 159 cm³/mol. The van der Waals surface area contributed by atoms with Crippen LogP contribution in [0.4, 0.5) is 20.5 Å². The summed E-state index contributed by atoms with van der Waals surface area (Å²) in [5.74, 6) is -0.258. The number of hydrogen-bond donors (Lipinski definition) is 1. The molecule has 0 saturated carbocycles. The van der Waals surface area contributed by atoms with Crippen molar-refractivity contribution in [3.8, 4) is 0 Å². The number of rotatable bonds is 7. The summed E-state index contributed by atoms with van der Waals surface area (Å²) in [5.41, 5.74) is 1.70. The molecule has 0 unspecified atom stereocenters. The van der Waals surface area contributed by atoms with Crippen molar-refractivity contribution < 1.29 is 17.2 Å². The lowest BCUT2D eigenvalue weighted by molar-refractivity contribution is 0.141. The van der Waals surface area contributed by atoms with Gasteiger partial charge in [0, 0.05) is 62.4 Å². The lowest BCUT2D eigenvalue weighted by Crippen LogP contribution is -2.47. The Morgan fingerprint density at radius 1 is 0.952 bits per heavy atom. The smallest absolute Gasteiger partial charge is 0.244 e. The number of likely N-dealkylation sites (tertiary alicyclic amines) is 1. The summed E-state index contributed by atoms with van der Waals surface area (Å²) in [7, 11) is -3.88. The van der Waals surface area contributed by atoms with E-state index in [9.17, 15) is 17.2 Å². The van der Waals surface area contributed by atoms with Crippen LogP contribution >= 0.6 is 11.6 Å². The van der Waals surface area contributed by atoms with E-state index in [1.54, 1.807) is 18.2 Å². The summed E-state index contributed by atoms with van der Waals surface area (Å²) in [4.78, 5) is 14.6. The van der Waals surface area contributed by atoms with Crippen LogP contribution in [-0.4, -0.2) is 66.4 Å². The Morgan fingerprint density at radius 3 is 2.45 bits per heavy atom. The van der Waals surface area contributed by atoms with Gasteiger partial charge in [0.15, 0.2) is 0 Å². The molecule has 0 atom stereocenters. The molecule has 3 aliphatic heterocycles. The third-order valence-corrected chi connectivity index (χ3v) is 10.9. The molecule has 0 amide bonds. The van der Waals surface area contributed by atoms with Crippen LogP contribution in [0.5, 0.6) is 0 Å². The molecule has 2 saturated heterocycles. The SMILES string of the molecule is O=S(=O)(c1ccccc1Cl)N1CCc2nc(N3CCC(N4CCCCC4)CC3)nc(NCc3ccc(F)cc3F)c2C1. The van der Waals surface area contributed by atoms with Crippen molar-refractivity contribution in [1.82, 2.24) is 19.2 Å². The Labute approximate surface area is 250 Å². The summed E-state index contributed by atoms with van der Waals surface area (Å²) in [6.07, 6.45) is 6.31. The molecule has 3 aliphatic rings. The van der Waals surface area contributed by atoms with Gasteiger partial charge in [0.1, 0.15) is 22.3 Å². The molecule has 12 heteroatoms. The Kier molecular flexibility index (Phi) is 8.63. The van der Waals surface area contributed by atoms with E-state index in [1.807, 2.05) is 0 Å². The largest absolute Gasteiger partial charge is 0.365 e. The molecular weight excluding hydrogens is 582 g/mol. The fourth-order valence-electron chi connectivity index (χ4n) is 6.22. The number of benzene rings is 2. The molecule has 2 fully saturated rings. The number of sulfonamides is 1. The van der Waals surface area contributed by atoms with Gasteiger partial charge >= 0.3 is 0 Å². The standard InChI is InChI=1S/C30H35ClF2N6O2S/c31-25-6-2-3-7-28(25)42(40,41)39-17-12-27-24(20-39)29(34-19-21-8-9-22(32)18-26(21)33)36-30(35-27)38-15-10-23(11-16-38)37-13-4-1-5-14-37/h2-3,6-9,18,23H,1,4-5,10-17,19-20H2,(H,34,35,36). The Bertz CT molecular complexity index is 1540. The number of piperidine rings is 2. The highest BCUT2D eigenvalue weighted by atomic mass is 35.5. The Morgan fingerprint density at radius 2 is 1.71 bits per heavy atom. The zero-order valence-electron chi connectivity index (χ0n) is 23.4. The van der Waals surface area contributed by atoms with Crippen LogP contribution in [0.15, 0.2) is 47.4 Å². The molecule has 2 aromatic carbocycles. The molecule has 1 N–H and O–H groups in total. The molecule has 0 bridgehead atoms. The zero-order chi connectivity index (χ0) is 29.3. The van der Waals surface area contributed by atoms with Gasteiger partial charge < -0.3 is 15.1 Å². The summed E-state index contributed by atoms with van der Waals surface area (Å²) < 4.78 is 56.4. The minimum absolute atomic E-state index is 0.0483. The summed E-state index contributed by atoms with van der Waals surface area (Å²) in [5, 5.41) is 3.38. The molecule has 0 aliphatic carbocycles. The number of anilines is 2. The second-order valence-electron chi connectivity index (χ2n) is 11.2. The lowest BCUT2D eigenvalue weighted by atomic mass is 10.00. The van der Waals surface area contributed by atoms with Gasteiger partial charge in [-0.25, -0.2) is 22.2 Å². The average Bonchev–Trinajstić information content (AvgIpc) is 3.01. The van der Waals surface area contributed by atoms with Gasteiger partial charge in [0.05, 0.1) is 10.7 Å². The van der Waals surface area contributed by atoms with Gasteiger partial charge in [0.25, 0.3) is 0 Å². The van der Waals surface area contributed by atoms with Gasteiger partial charge in [-0.1, -0.05) is 36.2 Å².